The van der Waals surface area contributed by atoms with Crippen molar-refractivity contribution in [3.8, 4) is 0 Å². The molecule has 1 heterocycles. The molecule has 9 heteroatoms. The summed E-state index contributed by atoms with van der Waals surface area (Å²) in [7, 11) is -0.695. The first kappa shape index (κ1) is 20.7. The molecule has 29 heavy (non-hydrogen) atoms. The molecule has 0 saturated heterocycles. The van der Waals surface area contributed by atoms with Gasteiger partial charge in [-0.05, 0) is 60.3 Å². The number of carbonyl (C=O) groups excluding carboxylic acids is 1. The highest BCUT2D eigenvalue weighted by Gasteiger charge is 2.17. The summed E-state index contributed by atoms with van der Waals surface area (Å²) in [6.45, 7) is 0.215. The first-order valence-corrected chi connectivity index (χ1v) is 10.2. The van der Waals surface area contributed by atoms with E-state index in [0.29, 0.717) is 28.5 Å². The molecule has 0 unspecified atom stereocenters. The maximum Gasteiger partial charge on any atom is 0.251 e. The number of nitrogens with zero attached hydrogens (tertiary/aromatic N) is 1. The normalized spacial score (nSPS) is 11.7. The Bertz CT molecular complexity index is 1220. The molecule has 0 aliphatic heterocycles. The monoisotopic (exact) mass is 417 g/mol. The van der Waals surface area contributed by atoms with Crippen LogP contribution in [0.25, 0.3) is 10.9 Å². The highest BCUT2D eigenvalue weighted by Crippen LogP contribution is 2.14. The number of pyridine rings is 1. The standard InChI is InChI=1S/C20H20FN3O4S/c1-24(2)29(27,28)17-7-4-13(5-8-17)19(25)22-10-9-15-11-14-3-6-16(21)12-18(14)23-20(15)26/h3-8,11-12H,9-10H2,1-2H3,(H,22,25)(H,23,26). The fourth-order valence-corrected chi connectivity index (χ4v) is 3.71. The topological polar surface area (TPSA) is 99.3 Å². The number of aromatic amines is 1. The van der Waals surface area contributed by atoms with Gasteiger partial charge in [-0.2, -0.15) is 0 Å². The van der Waals surface area contributed by atoms with Crippen molar-refractivity contribution in [1.29, 1.82) is 0 Å². The van der Waals surface area contributed by atoms with Crippen LogP contribution in [0.3, 0.4) is 0 Å². The first-order valence-electron chi connectivity index (χ1n) is 8.81. The lowest BCUT2D eigenvalue weighted by molar-refractivity contribution is 0.0954. The van der Waals surface area contributed by atoms with Gasteiger partial charge in [-0.1, -0.05) is 0 Å². The van der Waals surface area contributed by atoms with Crippen molar-refractivity contribution < 1.29 is 17.6 Å². The molecule has 0 aliphatic rings. The lowest BCUT2D eigenvalue weighted by Crippen LogP contribution is -2.27. The molecule has 0 fully saturated rings. The Kier molecular flexibility index (Phi) is 5.81. The summed E-state index contributed by atoms with van der Waals surface area (Å²) in [6.07, 6.45) is 0.293. The molecule has 0 aliphatic carbocycles. The largest absolute Gasteiger partial charge is 0.352 e. The Morgan fingerprint density at radius 3 is 2.45 bits per heavy atom. The second kappa shape index (κ2) is 8.14. The summed E-state index contributed by atoms with van der Waals surface area (Å²) in [6, 6.07) is 11.4. The van der Waals surface area contributed by atoms with Crippen molar-refractivity contribution in [2.24, 2.45) is 0 Å². The van der Waals surface area contributed by atoms with E-state index in [4.69, 9.17) is 0 Å². The molecular formula is C20H20FN3O4S. The smallest absolute Gasteiger partial charge is 0.251 e. The Morgan fingerprint density at radius 2 is 1.79 bits per heavy atom. The van der Waals surface area contributed by atoms with E-state index in [2.05, 4.69) is 10.3 Å². The van der Waals surface area contributed by atoms with E-state index in [1.807, 2.05) is 0 Å². The van der Waals surface area contributed by atoms with Crippen LogP contribution < -0.4 is 10.9 Å². The van der Waals surface area contributed by atoms with Crippen LogP contribution in [0.2, 0.25) is 0 Å². The third kappa shape index (κ3) is 4.52. The van der Waals surface area contributed by atoms with Crippen LogP contribution in [0.15, 0.2) is 58.2 Å². The second-order valence-corrected chi connectivity index (χ2v) is 8.82. The van der Waals surface area contributed by atoms with Gasteiger partial charge in [-0.15, -0.1) is 0 Å². The van der Waals surface area contributed by atoms with Crippen molar-refractivity contribution >= 4 is 26.8 Å². The van der Waals surface area contributed by atoms with Crippen LogP contribution in [-0.2, 0) is 16.4 Å². The molecule has 0 spiro atoms. The number of fused-ring (bicyclic) bond motifs is 1. The Balaban J connectivity index is 1.66. The van der Waals surface area contributed by atoms with Crippen molar-refractivity contribution in [3.05, 3.63) is 75.8 Å². The predicted molar refractivity (Wildman–Crippen MR) is 108 cm³/mol. The van der Waals surface area contributed by atoms with Gasteiger partial charge in [0.25, 0.3) is 11.5 Å². The van der Waals surface area contributed by atoms with Gasteiger partial charge in [-0.25, -0.2) is 17.1 Å². The average molecular weight is 417 g/mol. The maximum atomic E-state index is 13.2. The van der Waals surface area contributed by atoms with Crippen molar-refractivity contribution in [3.63, 3.8) is 0 Å². The molecule has 2 N–H and O–H groups in total. The minimum atomic E-state index is -3.56. The first-order chi connectivity index (χ1) is 13.7. The zero-order valence-corrected chi connectivity index (χ0v) is 16.7. The van der Waals surface area contributed by atoms with E-state index in [-0.39, 0.29) is 22.9 Å². The molecule has 0 saturated carbocycles. The molecule has 7 nitrogen and oxygen atoms in total. The fraction of sp³-hybridized carbons (Fsp3) is 0.200. The van der Waals surface area contributed by atoms with Crippen LogP contribution in [0, 0.1) is 5.82 Å². The summed E-state index contributed by atoms with van der Waals surface area (Å²) in [4.78, 5) is 27.1. The van der Waals surface area contributed by atoms with E-state index in [1.165, 1.54) is 50.5 Å². The van der Waals surface area contributed by atoms with Crippen molar-refractivity contribution in [1.82, 2.24) is 14.6 Å². The van der Waals surface area contributed by atoms with Crippen LogP contribution in [0.5, 0.6) is 0 Å². The van der Waals surface area contributed by atoms with Gasteiger partial charge >= 0.3 is 0 Å². The molecule has 1 aromatic heterocycles. The number of carbonyl (C=O) groups is 1. The number of amides is 1. The molecule has 3 aromatic rings. The van der Waals surface area contributed by atoms with E-state index in [9.17, 15) is 22.4 Å². The number of halogens is 1. The quantitative estimate of drug-likeness (QED) is 0.640. The van der Waals surface area contributed by atoms with E-state index < -0.39 is 15.8 Å². The van der Waals surface area contributed by atoms with Gasteiger partial charge in [0.2, 0.25) is 10.0 Å². The summed E-state index contributed by atoms with van der Waals surface area (Å²) in [5.41, 5.74) is 0.855. The Labute approximate surface area is 167 Å². The maximum absolute atomic E-state index is 13.2. The molecule has 152 valence electrons. The number of nitrogens with one attached hydrogen (secondary N) is 2. The Morgan fingerprint density at radius 1 is 1.10 bits per heavy atom. The van der Waals surface area contributed by atoms with Gasteiger partial charge in [0.15, 0.2) is 0 Å². The molecule has 0 atom stereocenters. The van der Waals surface area contributed by atoms with Gasteiger partial charge in [-0.3, -0.25) is 9.59 Å². The van der Waals surface area contributed by atoms with Crippen LogP contribution in [0.4, 0.5) is 4.39 Å². The molecule has 0 radical (unpaired) electrons. The predicted octanol–water partition coefficient (Wildman–Crippen LogP) is 1.89. The van der Waals surface area contributed by atoms with Crippen molar-refractivity contribution in [2.45, 2.75) is 11.3 Å². The third-order valence-corrected chi connectivity index (χ3v) is 6.29. The van der Waals surface area contributed by atoms with Gasteiger partial charge < -0.3 is 10.3 Å². The number of rotatable bonds is 6. The van der Waals surface area contributed by atoms with Crippen molar-refractivity contribution in [2.75, 3.05) is 20.6 Å². The third-order valence-electron chi connectivity index (χ3n) is 4.46. The summed E-state index contributed by atoms with van der Waals surface area (Å²) < 4.78 is 38.5. The van der Waals surface area contributed by atoms with Crippen LogP contribution >= 0.6 is 0 Å². The van der Waals surface area contributed by atoms with E-state index in [0.717, 1.165) is 4.31 Å². The number of sulfonamides is 1. The van der Waals surface area contributed by atoms with Crippen LogP contribution in [0.1, 0.15) is 15.9 Å². The van der Waals surface area contributed by atoms with Gasteiger partial charge in [0.1, 0.15) is 5.82 Å². The number of aromatic nitrogens is 1. The van der Waals surface area contributed by atoms with Gasteiger partial charge in [0.05, 0.1) is 10.4 Å². The molecule has 2 aromatic carbocycles. The summed E-state index contributed by atoms with van der Waals surface area (Å²) in [5, 5.41) is 3.40. The lowest BCUT2D eigenvalue weighted by atomic mass is 10.1. The SMILES string of the molecule is CN(C)S(=O)(=O)c1ccc(C(=O)NCCc2cc3ccc(F)cc3[nH]c2=O)cc1. The highest BCUT2D eigenvalue weighted by atomic mass is 32.2. The summed E-state index contributed by atoms with van der Waals surface area (Å²) in [5.74, 6) is -0.810. The fourth-order valence-electron chi connectivity index (χ4n) is 2.81. The molecular weight excluding hydrogens is 397 g/mol. The average Bonchev–Trinajstić information content (AvgIpc) is 2.68. The molecule has 1 amide bonds. The van der Waals surface area contributed by atoms with Gasteiger partial charge in [0, 0.05) is 31.8 Å². The zero-order valence-electron chi connectivity index (χ0n) is 15.9. The van der Waals surface area contributed by atoms with Crippen LogP contribution in [-0.4, -0.2) is 44.3 Å². The second-order valence-electron chi connectivity index (χ2n) is 6.67. The Hall–Kier alpha value is -3.04. The van der Waals surface area contributed by atoms with E-state index in [1.54, 1.807) is 12.1 Å². The minimum Gasteiger partial charge on any atom is -0.352 e. The minimum absolute atomic E-state index is 0.0955. The molecule has 0 bridgehead atoms. The highest BCUT2D eigenvalue weighted by molar-refractivity contribution is 7.89. The zero-order chi connectivity index (χ0) is 21.2. The number of benzene rings is 2. The number of hydrogen-bond acceptors (Lipinski definition) is 4. The number of hydrogen-bond donors (Lipinski definition) is 2. The van der Waals surface area contributed by atoms with E-state index >= 15 is 0 Å². The molecule has 3 rings (SSSR count). The number of H-pyrrole nitrogens is 1. The summed E-state index contributed by atoms with van der Waals surface area (Å²) >= 11 is 0. The lowest BCUT2D eigenvalue weighted by Gasteiger charge is -2.11.